The Morgan fingerprint density at radius 2 is 1.75 bits per heavy atom. The second kappa shape index (κ2) is 8.49. The Hall–Kier alpha value is -2.34. The van der Waals surface area contributed by atoms with Gasteiger partial charge in [0, 0.05) is 30.2 Å². The molecule has 0 atom stereocenters. The van der Waals surface area contributed by atoms with Crippen LogP contribution in [0.3, 0.4) is 0 Å². The van der Waals surface area contributed by atoms with E-state index in [1.54, 1.807) is 31.2 Å². The molecule has 0 fully saturated rings. The minimum absolute atomic E-state index is 0.317. The molecule has 0 aliphatic heterocycles. The molecule has 0 aliphatic carbocycles. The zero-order valence-electron chi connectivity index (χ0n) is 14.3. The van der Waals surface area contributed by atoms with Crippen LogP contribution in [0.5, 0.6) is 0 Å². The van der Waals surface area contributed by atoms with Gasteiger partial charge in [0.2, 0.25) is 0 Å². The van der Waals surface area contributed by atoms with Gasteiger partial charge in [-0.3, -0.25) is 0 Å². The average Bonchev–Trinajstić information content (AvgIpc) is 2.87. The molecule has 0 radical (unpaired) electrons. The van der Waals surface area contributed by atoms with Gasteiger partial charge in [0.15, 0.2) is 5.11 Å². The number of aromatic nitrogens is 1. The van der Waals surface area contributed by atoms with Crippen molar-refractivity contribution in [1.82, 2.24) is 9.88 Å². The standard InChI is InChI=1S/C18H23N3O2S/c1-4-23-17(22)15-7-9-16(10-8-15)20-18(24)19-11-12-21-13(2)5-6-14(21)3/h5-10H,4,11-12H2,1-3H3,(H2,19,20,24). The molecule has 0 unspecified atom stereocenters. The van der Waals surface area contributed by atoms with Crippen LogP contribution in [0.2, 0.25) is 0 Å². The Labute approximate surface area is 148 Å². The van der Waals surface area contributed by atoms with Crippen molar-refractivity contribution in [2.45, 2.75) is 27.3 Å². The average molecular weight is 345 g/mol. The summed E-state index contributed by atoms with van der Waals surface area (Å²) < 4.78 is 7.20. The third kappa shape index (κ3) is 4.83. The molecular formula is C18H23N3O2S. The number of hydrogen-bond acceptors (Lipinski definition) is 3. The van der Waals surface area contributed by atoms with E-state index in [9.17, 15) is 4.79 Å². The van der Waals surface area contributed by atoms with Crippen molar-refractivity contribution in [2.75, 3.05) is 18.5 Å². The van der Waals surface area contributed by atoms with Gasteiger partial charge in [0.25, 0.3) is 0 Å². The summed E-state index contributed by atoms with van der Waals surface area (Å²) in [6.07, 6.45) is 0. The van der Waals surface area contributed by atoms with Crippen LogP contribution < -0.4 is 10.6 Å². The van der Waals surface area contributed by atoms with Crippen LogP contribution in [0.15, 0.2) is 36.4 Å². The van der Waals surface area contributed by atoms with E-state index < -0.39 is 0 Å². The van der Waals surface area contributed by atoms with Gasteiger partial charge >= 0.3 is 5.97 Å². The third-order valence-electron chi connectivity index (χ3n) is 3.69. The summed E-state index contributed by atoms with van der Waals surface area (Å²) in [4.78, 5) is 11.6. The Balaban J connectivity index is 1.81. The third-order valence-corrected chi connectivity index (χ3v) is 3.94. The Morgan fingerprint density at radius 3 is 2.33 bits per heavy atom. The van der Waals surface area contributed by atoms with Gasteiger partial charge in [-0.25, -0.2) is 4.79 Å². The summed E-state index contributed by atoms with van der Waals surface area (Å²) in [7, 11) is 0. The number of carbonyl (C=O) groups is 1. The zero-order valence-corrected chi connectivity index (χ0v) is 15.1. The first-order chi connectivity index (χ1) is 11.5. The van der Waals surface area contributed by atoms with E-state index in [1.165, 1.54) is 11.4 Å². The molecule has 128 valence electrons. The molecule has 5 nitrogen and oxygen atoms in total. The summed E-state index contributed by atoms with van der Waals surface area (Å²) in [5.41, 5.74) is 3.83. The molecule has 0 saturated carbocycles. The van der Waals surface area contributed by atoms with Crippen LogP contribution >= 0.6 is 12.2 Å². The van der Waals surface area contributed by atoms with E-state index in [4.69, 9.17) is 17.0 Å². The smallest absolute Gasteiger partial charge is 0.338 e. The quantitative estimate of drug-likeness (QED) is 0.622. The number of aryl methyl sites for hydroxylation is 2. The van der Waals surface area contributed by atoms with E-state index in [1.807, 2.05) is 0 Å². The zero-order chi connectivity index (χ0) is 17.5. The number of carbonyl (C=O) groups excluding carboxylic acids is 1. The second-order valence-corrected chi connectivity index (χ2v) is 5.85. The highest BCUT2D eigenvalue weighted by Crippen LogP contribution is 2.10. The second-order valence-electron chi connectivity index (χ2n) is 5.45. The fraction of sp³-hybridized carbons (Fsp3) is 0.333. The van der Waals surface area contributed by atoms with Crippen LogP contribution in [-0.2, 0) is 11.3 Å². The van der Waals surface area contributed by atoms with Crippen molar-refractivity contribution >= 4 is 29.0 Å². The maximum Gasteiger partial charge on any atom is 0.338 e. The molecule has 2 N–H and O–H groups in total. The molecular weight excluding hydrogens is 322 g/mol. The van der Waals surface area contributed by atoms with Crippen molar-refractivity contribution in [3.63, 3.8) is 0 Å². The van der Waals surface area contributed by atoms with Crippen LogP contribution in [0, 0.1) is 13.8 Å². The molecule has 1 heterocycles. The minimum atomic E-state index is -0.317. The van der Waals surface area contributed by atoms with E-state index in [-0.39, 0.29) is 5.97 Å². The fourth-order valence-electron chi connectivity index (χ4n) is 2.41. The highest BCUT2D eigenvalue weighted by atomic mass is 32.1. The predicted molar refractivity (Wildman–Crippen MR) is 101 cm³/mol. The normalized spacial score (nSPS) is 10.3. The molecule has 0 spiro atoms. The number of esters is 1. The van der Waals surface area contributed by atoms with Crippen LogP contribution in [0.25, 0.3) is 0 Å². The predicted octanol–water partition coefficient (Wildman–Crippen LogP) is 3.27. The first kappa shape index (κ1) is 18.0. The monoisotopic (exact) mass is 345 g/mol. The highest BCUT2D eigenvalue weighted by Gasteiger charge is 2.06. The largest absolute Gasteiger partial charge is 0.462 e. The topological polar surface area (TPSA) is 55.3 Å². The molecule has 24 heavy (non-hydrogen) atoms. The molecule has 0 amide bonds. The van der Waals surface area contributed by atoms with Gasteiger partial charge in [-0.2, -0.15) is 0 Å². The summed E-state index contributed by atoms with van der Waals surface area (Å²) in [5.74, 6) is -0.317. The molecule has 1 aromatic carbocycles. The Bertz CT molecular complexity index is 688. The Morgan fingerprint density at radius 1 is 1.12 bits per heavy atom. The number of benzene rings is 1. The summed E-state index contributed by atoms with van der Waals surface area (Å²) in [5, 5.41) is 6.85. The molecule has 0 saturated heterocycles. The maximum absolute atomic E-state index is 11.6. The van der Waals surface area contributed by atoms with E-state index in [0.29, 0.717) is 17.3 Å². The van der Waals surface area contributed by atoms with Crippen molar-refractivity contribution in [2.24, 2.45) is 0 Å². The minimum Gasteiger partial charge on any atom is -0.462 e. The fourth-order valence-corrected chi connectivity index (χ4v) is 2.63. The number of hydrogen-bond donors (Lipinski definition) is 2. The summed E-state index contributed by atoms with van der Waals surface area (Å²) in [6, 6.07) is 11.3. The molecule has 0 aliphatic rings. The van der Waals surface area contributed by atoms with Gasteiger partial charge in [0.05, 0.1) is 12.2 Å². The number of rotatable bonds is 6. The van der Waals surface area contributed by atoms with Gasteiger partial charge in [-0.1, -0.05) is 0 Å². The van der Waals surface area contributed by atoms with Crippen molar-refractivity contribution in [3.8, 4) is 0 Å². The number of ether oxygens (including phenoxy) is 1. The van der Waals surface area contributed by atoms with Crippen LogP contribution in [0.4, 0.5) is 5.69 Å². The van der Waals surface area contributed by atoms with Gasteiger partial charge in [0.1, 0.15) is 0 Å². The maximum atomic E-state index is 11.6. The van der Waals surface area contributed by atoms with Gasteiger partial charge < -0.3 is 19.9 Å². The number of nitrogens with one attached hydrogen (secondary N) is 2. The van der Waals surface area contributed by atoms with Gasteiger partial charge in [-0.05, 0) is 69.4 Å². The number of nitrogens with zero attached hydrogens (tertiary/aromatic N) is 1. The molecule has 1 aromatic heterocycles. The SMILES string of the molecule is CCOC(=O)c1ccc(NC(=S)NCCn2c(C)ccc2C)cc1. The lowest BCUT2D eigenvalue weighted by Gasteiger charge is -2.13. The first-order valence-electron chi connectivity index (χ1n) is 7.96. The van der Waals surface area contributed by atoms with E-state index in [2.05, 4.69) is 41.2 Å². The van der Waals surface area contributed by atoms with Crippen molar-refractivity contribution in [3.05, 3.63) is 53.3 Å². The van der Waals surface area contributed by atoms with Gasteiger partial charge in [-0.15, -0.1) is 0 Å². The number of thiocarbonyl (C=S) groups is 1. The molecule has 2 aromatic rings. The van der Waals surface area contributed by atoms with Crippen LogP contribution in [0.1, 0.15) is 28.7 Å². The van der Waals surface area contributed by atoms with Crippen molar-refractivity contribution in [1.29, 1.82) is 0 Å². The lowest BCUT2D eigenvalue weighted by Crippen LogP contribution is -2.31. The van der Waals surface area contributed by atoms with E-state index >= 15 is 0 Å². The van der Waals surface area contributed by atoms with Crippen LogP contribution in [-0.4, -0.2) is 28.8 Å². The molecule has 6 heteroatoms. The summed E-state index contributed by atoms with van der Waals surface area (Å²) >= 11 is 5.30. The highest BCUT2D eigenvalue weighted by molar-refractivity contribution is 7.80. The number of anilines is 1. The lowest BCUT2D eigenvalue weighted by molar-refractivity contribution is 0.0526. The lowest BCUT2D eigenvalue weighted by atomic mass is 10.2. The molecule has 0 bridgehead atoms. The first-order valence-corrected chi connectivity index (χ1v) is 8.37. The van der Waals surface area contributed by atoms with E-state index in [0.717, 1.165) is 18.8 Å². The molecule has 2 rings (SSSR count). The Kier molecular flexibility index (Phi) is 6.37. The van der Waals surface area contributed by atoms with Crippen molar-refractivity contribution < 1.29 is 9.53 Å². The summed E-state index contributed by atoms with van der Waals surface area (Å²) in [6.45, 7) is 7.93.